The molecule has 2 heterocycles. The van der Waals surface area contributed by atoms with Gasteiger partial charge >= 0.3 is 0 Å². The van der Waals surface area contributed by atoms with Crippen LogP contribution in [0, 0.1) is 0 Å². The van der Waals surface area contributed by atoms with E-state index in [9.17, 15) is 4.79 Å². The van der Waals surface area contributed by atoms with Gasteiger partial charge < -0.3 is 19.3 Å². The van der Waals surface area contributed by atoms with Gasteiger partial charge in [-0.3, -0.25) is 4.79 Å². The van der Waals surface area contributed by atoms with E-state index in [1.807, 2.05) is 59.6 Å². The Labute approximate surface area is 182 Å². The highest BCUT2D eigenvalue weighted by molar-refractivity contribution is 6.00. The number of hydrogen-bond acceptors (Lipinski definition) is 5. The van der Waals surface area contributed by atoms with Crippen LogP contribution in [0.1, 0.15) is 16.8 Å². The summed E-state index contributed by atoms with van der Waals surface area (Å²) in [6, 6.07) is 15.3. The zero-order valence-corrected chi connectivity index (χ0v) is 18.2. The normalized spacial score (nSPS) is 14.9. The van der Waals surface area contributed by atoms with Crippen LogP contribution in [0.15, 0.2) is 54.7 Å². The summed E-state index contributed by atoms with van der Waals surface area (Å²) >= 11 is 0. The van der Waals surface area contributed by atoms with Gasteiger partial charge in [0, 0.05) is 31.4 Å². The minimum absolute atomic E-state index is 0.0163. The first kappa shape index (κ1) is 20.9. The highest BCUT2D eigenvalue weighted by atomic mass is 16.5. The van der Waals surface area contributed by atoms with Crippen LogP contribution in [0.4, 0.5) is 0 Å². The predicted octanol–water partition coefficient (Wildman–Crippen LogP) is 3.33. The number of amides is 1. The number of aromatic nitrogens is 2. The SMILES string of the molecule is COc1ccc(OC)c(-c2nn(-c3ccccc3)cc2C(=O)N2CCCN(C)CC2)c1. The van der Waals surface area contributed by atoms with Crippen molar-refractivity contribution in [3.05, 3.63) is 60.3 Å². The van der Waals surface area contributed by atoms with E-state index in [1.165, 1.54) is 0 Å². The van der Waals surface area contributed by atoms with Gasteiger partial charge in [-0.1, -0.05) is 18.2 Å². The zero-order chi connectivity index (χ0) is 21.8. The van der Waals surface area contributed by atoms with E-state index < -0.39 is 0 Å². The van der Waals surface area contributed by atoms with Crippen LogP contribution < -0.4 is 9.47 Å². The Hall–Kier alpha value is -3.32. The summed E-state index contributed by atoms with van der Waals surface area (Å²) in [6.07, 6.45) is 2.77. The lowest BCUT2D eigenvalue weighted by Crippen LogP contribution is -2.34. The molecule has 2 aromatic carbocycles. The number of ether oxygens (including phenoxy) is 2. The van der Waals surface area contributed by atoms with E-state index in [1.54, 1.807) is 18.9 Å². The van der Waals surface area contributed by atoms with Crippen molar-refractivity contribution in [3.8, 4) is 28.4 Å². The van der Waals surface area contributed by atoms with E-state index in [0.717, 1.165) is 37.3 Å². The fourth-order valence-corrected chi connectivity index (χ4v) is 3.86. The van der Waals surface area contributed by atoms with Crippen LogP contribution in [0.5, 0.6) is 11.5 Å². The summed E-state index contributed by atoms with van der Waals surface area (Å²) in [5, 5.41) is 4.81. The number of nitrogens with zero attached hydrogens (tertiary/aromatic N) is 4. The average molecular weight is 421 g/mol. The van der Waals surface area contributed by atoms with Gasteiger partial charge in [-0.15, -0.1) is 0 Å². The maximum Gasteiger partial charge on any atom is 0.257 e. The van der Waals surface area contributed by atoms with Crippen LogP contribution in [0.2, 0.25) is 0 Å². The molecule has 1 aliphatic rings. The molecule has 1 saturated heterocycles. The van der Waals surface area contributed by atoms with E-state index in [4.69, 9.17) is 14.6 Å². The van der Waals surface area contributed by atoms with E-state index >= 15 is 0 Å². The van der Waals surface area contributed by atoms with E-state index in [2.05, 4.69) is 11.9 Å². The second-order valence-electron chi connectivity index (χ2n) is 7.69. The topological polar surface area (TPSA) is 59.8 Å². The molecule has 3 aromatic rings. The van der Waals surface area contributed by atoms with Gasteiger partial charge in [0.15, 0.2) is 0 Å². The van der Waals surface area contributed by atoms with Gasteiger partial charge in [0.25, 0.3) is 5.91 Å². The number of rotatable bonds is 5. The Morgan fingerprint density at radius 1 is 0.968 bits per heavy atom. The largest absolute Gasteiger partial charge is 0.497 e. The minimum Gasteiger partial charge on any atom is -0.497 e. The summed E-state index contributed by atoms with van der Waals surface area (Å²) in [5.41, 5.74) is 2.76. The second-order valence-corrected chi connectivity index (χ2v) is 7.69. The molecule has 0 saturated carbocycles. The molecule has 0 unspecified atom stereocenters. The number of methoxy groups -OCH3 is 2. The average Bonchev–Trinajstić information content (AvgIpc) is 3.14. The molecule has 4 rings (SSSR count). The molecule has 7 nitrogen and oxygen atoms in total. The highest BCUT2D eigenvalue weighted by Crippen LogP contribution is 2.35. The lowest BCUT2D eigenvalue weighted by Gasteiger charge is -2.20. The summed E-state index contributed by atoms with van der Waals surface area (Å²) in [6.45, 7) is 3.27. The minimum atomic E-state index is -0.0163. The Morgan fingerprint density at radius 2 is 1.77 bits per heavy atom. The van der Waals surface area contributed by atoms with Crippen LogP contribution in [0.25, 0.3) is 16.9 Å². The third-order valence-electron chi connectivity index (χ3n) is 5.63. The van der Waals surface area contributed by atoms with Crippen molar-refractivity contribution in [2.45, 2.75) is 6.42 Å². The summed E-state index contributed by atoms with van der Waals surface area (Å²) < 4.78 is 12.8. The molecule has 0 spiro atoms. The third kappa shape index (κ3) is 4.41. The molecule has 1 fully saturated rings. The van der Waals surface area contributed by atoms with Gasteiger partial charge in [-0.25, -0.2) is 4.68 Å². The number of benzene rings is 2. The van der Waals surface area contributed by atoms with Crippen LogP contribution in [-0.4, -0.2) is 72.9 Å². The molecule has 162 valence electrons. The van der Waals surface area contributed by atoms with E-state index in [-0.39, 0.29) is 5.91 Å². The summed E-state index contributed by atoms with van der Waals surface area (Å²) in [4.78, 5) is 17.8. The van der Waals surface area contributed by atoms with Crippen LogP contribution in [0.3, 0.4) is 0 Å². The molecule has 31 heavy (non-hydrogen) atoms. The van der Waals surface area contributed by atoms with Crippen molar-refractivity contribution in [2.75, 3.05) is 47.4 Å². The van der Waals surface area contributed by atoms with Crippen molar-refractivity contribution < 1.29 is 14.3 Å². The quantitative estimate of drug-likeness (QED) is 0.634. The number of likely N-dealkylation sites (N-methyl/N-ethyl adjacent to an activating group) is 1. The molecule has 0 N–H and O–H groups in total. The van der Waals surface area contributed by atoms with Crippen molar-refractivity contribution in [1.82, 2.24) is 19.6 Å². The summed E-state index contributed by atoms with van der Waals surface area (Å²) in [7, 11) is 5.33. The first-order valence-electron chi connectivity index (χ1n) is 10.5. The molecule has 7 heteroatoms. The maximum atomic E-state index is 13.6. The van der Waals surface area contributed by atoms with Gasteiger partial charge in [0.05, 0.1) is 25.5 Å². The first-order valence-corrected chi connectivity index (χ1v) is 10.5. The smallest absolute Gasteiger partial charge is 0.257 e. The van der Waals surface area contributed by atoms with Crippen LogP contribution in [-0.2, 0) is 0 Å². The van der Waals surface area contributed by atoms with Gasteiger partial charge in [-0.2, -0.15) is 5.10 Å². The van der Waals surface area contributed by atoms with Gasteiger partial charge in [0.2, 0.25) is 0 Å². The standard InChI is InChI=1S/C24H28N4O3/c1-26-12-7-13-27(15-14-26)24(29)21-17-28(18-8-5-4-6-9-18)25-23(21)20-16-19(30-2)10-11-22(20)31-3/h4-6,8-11,16-17H,7,12-15H2,1-3H3. The lowest BCUT2D eigenvalue weighted by atomic mass is 10.1. The Kier molecular flexibility index (Phi) is 6.23. The lowest BCUT2D eigenvalue weighted by molar-refractivity contribution is 0.0763. The summed E-state index contributed by atoms with van der Waals surface area (Å²) in [5.74, 6) is 1.31. The van der Waals surface area contributed by atoms with Crippen molar-refractivity contribution >= 4 is 5.91 Å². The van der Waals surface area contributed by atoms with Crippen LogP contribution >= 0.6 is 0 Å². The third-order valence-corrected chi connectivity index (χ3v) is 5.63. The number of carbonyl (C=O) groups excluding carboxylic acids is 1. The molecule has 0 aliphatic carbocycles. The Bertz CT molecular complexity index is 1050. The molecule has 1 aromatic heterocycles. The maximum absolute atomic E-state index is 13.6. The first-order chi connectivity index (χ1) is 15.1. The number of hydrogen-bond donors (Lipinski definition) is 0. The Balaban J connectivity index is 1.82. The molecule has 0 radical (unpaired) electrons. The fraction of sp³-hybridized carbons (Fsp3) is 0.333. The molecule has 0 bridgehead atoms. The van der Waals surface area contributed by atoms with Gasteiger partial charge in [0.1, 0.15) is 17.2 Å². The number of para-hydroxylation sites is 1. The molecule has 1 amide bonds. The number of carbonyl (C=O) groups is 1. The van der Waals surface area contributed by atoms with Crippen molar-refractivity contribution in [3.63, 3.8) is 0 Å². The predicted molar refractivity (Wildman–Crippen MR) is 120 cm³/mol. The molecule has 1 aliphatic heterocycles. The van der Waals surface area contributed by atoms with Gasteiger partial charge in [-0.05, 0) is 50.3 Å². The highest BCUT2D eigenvalue weighted by Gasteiger charge is 2.26. The monoisotopic (exact) mass is 420 g/mol. The van der Waals surface area contributed by atoms with E-state index in [0.29, 0.717) is 29.3 Å². The molecule has 0 atom stereocenters. The zero-order valence-electron chi connectivity index (χ0n) is 18.2. The van der Waals surface area contributed by atoms with Crippen molar-refractivity contribution in [2.24, 2.45) is 0 Å². The molecular weight excluding hydrogens is 392 g/mol. The van der Waals surface area contributed by atoms with Crippen molar-refractivity contribution in [1.29, 1.82) is 0 Å². The fourth-order valence-electron chi connectivity index (χ4n) is 3.86. The second kappa shape index (κ2) is 9.22. The molecular formula is C24H28N4O3. The Morgan fingerprint density at radius 3 is 2.52 bits per heavy atom.